The molecule has 0 unspecified atom stereocenters. The van der Waals surface area contributed by atoms with E-state index in [9.17, 15) is 0 Å². The van der Waals surface area contributed by atoms with E-state index in [0.717, 1.165) is 18.0 Å². The smallest absolute Gasteiger partial charge is 0.0841 e. The minimum atomic E-state index is 1.07. The van der Waals surface area contributed by atoms with Crippen LogP contribution in [0.3, 0.4) is 0 Å². The molecule has 0 amide bonds. The Morgan fingerprint density at radius 1 is 1.18 bits per heavy atom. The summed E-state index contributed by atoms with van der Waals surface area (Å²) in [7, 11) is 0. The first-order valence-corrected chi connectivity index (χ1v) is 4.14. The molecule has 0 N–H and O–H groups in total. The summed E-state index contributed by atoms with van der Waals surface area (Å²) in [4.78, 5) is 3.23. The minimum Gasteiger partial charge on any atom is -0.336 e. The molecule has 1 aliphatic heterocycles. The molecular formula is C9H9NS. The maximum Gasteiger partial charge on any atom is 0.0841 e. The van der Waals surface area contributed by atoms with Gasteiger partial charge in [0, 0.05) is 18.7 Å². The molecule has 1 fully saturated rings. The summed E-state index contributed by atoms with van der Waals surface area (Å²) in [5.74, 6) is 0. The molecule has 0 bridgehead atoms. The van der Waals surface area contributed by atoms with Crippen LogP contribution in [0.5, 0.6) is 0 Å². The molecular weight excluding hydrogens is 154 g/mol. The van der Waals surface area contributed by atoms with Crippen LogP contribution in [0.15, 0.2) is 30.3 Å². The van der Waals surface area contributed by atoms with Gasteiger partial charge >= 0.3 is 0 Å². The van der Waals surface area contributed by atoms with Crippen LogP contribution in [-0.4, -0.2) is 11.5 Å². The van der Waals surface area contributed by atoms with Crippen LogP contribution in [0.4, 0.5) is 5.69 Å². The summed E-state index contributed by atoms with van der Waals surface area (Å²) in [5.41, 5.74) is 1.23. The van der Waals surface area contributed by atoms with Crippen molar-refractivity contribution in [2.45, 2.75) is 6.42 Å². The average molecular weight is 163 g/mol. The lowest BCUT2D eigenvalue weighted by Gasteiger charge is -2.33. The fourth-order valence-electron chi connectivity index (χ4n) is 1.20. The van der Waals surface area contributed by atoms with Crippen molar-refractivity contribution in [2.75, 3.05) is 11.4 Å². The lowest BCUT2D eigenvalue weighted by Crippen LogP contribution is -2.41. The third kappa shape index (κ3) is 1.14. The highest BCUT2D eigenvalue weighted by molar-refractivity contribution is 7.80. The van der Waals surface area contributed by atoms with Gasteiger partial charge in [-0.15, -0.1) is 0 Å². The molecule has 0 atom stereocenters. The van der Waals surface area contributed by atoms with Crippen molar-refractivity contribution < 1.29 is 0 Å². The number of hydrogen-bond donors (Lipinski definition) is 0. The first kappa shape index (κ1) is 6.80. The van der Waals surface area contributed by atoms with Crippen molar-refractivity contribution in [1.82, 2.24) is 0 Å². The standard InChI is InChI=1S/C9H9NS/c11-9-6-7-10(9)8-4-2-1-3-5-8/h1-5H,6-7H2. The van der Waals surface area contributed by atoms with Gasteiger partial charge in [0.05, 0.1) is 4.99 Å². The zero-order chi connectivity index (χ0) is 7.68. The summed E-state index contributed by atoms with van der Waals surface area (Å²) in [6.45, 7) is 1.09. The number of anilines is 1. The average Bonchev–Trinajstić information content (AvgIpc) is 2.04. The Morgan fingerprint density at radius 2 is 1.91 bits per heavy atom. The molecule has 0 aromatic heterocycles. The number of hydrogen-bond acceptors (Lipinski definition) is 1. The van der Waals surface area contributed by atoms with Gasteiger partial charge in [-0.3, -0.25) is 0 Å². The van der Waals surface area contributed by atoms with Gasteiger partial charge < -0.3 is 4.90 Å². The van der Waals surface area contributed by atoms with Crippen LogP contribution >= 0.6 is 12.2 Å². The van der Waals surface area contributed by atoms with Gasteiger partial charge in [0.2, 0.25) is 0 Å². The number of para-hydroxylation sites is 1. The van der Waals surface area contributed by atoms with Gasteiger partial charge in [-0.1, -0.05) is 30.4 Å². The van der Waals surface area contributed by atoms with Crippen molar-refractivity contribution in [2.24, 2.45) is 0 Å². The molecule has 0 aliphatic carbocycles. The van der Waals surface area contributed by atoms with E-state index in [-0.39, 0.29) is 0 Å². The number of benzene rings is 1. The molecule has 1 saturated heterocycles. The first-order chi connectivity index (χ1) is 5.38. The quantitative estimate of drug-likeness (QED) is 0.584. The fourth-order valence-corrected chi connectivity index (χ4v) is 1.48. The summed E-state index contributed by atoms with van der Waals surface area (Å²) >= 11 is 5.11. The number of rotatable bonds is 1. The highest BCUT2D eigenvalue weighted by atomic mass is 32.1. The second kappa shape index (κ2) is 2.62. The van der Waals surface area contributed by atoms with E-state index in [1.54, 1.807) is 0 Å². The molecule has 2 rings (SSSR count). The van der Waals surface area contributed by atoms with Crippen LogP contribution in [0.25, 0.3) is 0 Å². The van der Waals surface area contributed by atoms with Crippen molar-refractivity contribution >= 4 is 22.9 Å². The molecule has 0 saturated carbocycles. The van der Waals surface area contributed by atoms with Crippen LogP contribution in [-0.2, 0) is 0 Å². The third-order valence-electron chi connectivity index (χ3n) is 1.92. The van der Waals surface area contributed by atoms with Gasteiger partial charge in [-0.05, 0) is 12.1 Å². The molecule has 1 aromatic rings. The molecule has 56 valence electrons. The van der Waals surface area contributed by atoms with Crippen LogP contribution < -0.4 is 4.90 Å². The van der Waals surface area contributed by atoms with E-state index >= 15 is 0 Å². The topological polar surface area (TPSA) is 3.24 Å². The van der Waals surface area contributed by atoms with E-state index in [1.807, 2.05) is 18.2 Å². The Bertz CT molecular complexity index is 268. The van der Waals surface area contributed by atoms with Gasteiger partial charge in [0.1, 0.15) is 0 Å². The highest BCUT2D eigenvalue weighted by Crippen LogP contribution is 2.21. The van der Waals surface area contributed by atoms with E-state index in [1.165, 1.54) is 5.69 Å². The Kier molecular flexibility index (Phi) is 1.62. The summed E-state index contributed by atoms with van der Waals surface area (Å²) in [5, 5.41) is 0. The normalized spacial score (nSPS) is 16.4. The predicted molar refractivity (Wildman–Crippen MR) is 51.0 cm³/mol. The zero-order valence-corrected chi connectivity index (χ0v) is 6.97. The van der Waals surface area contributed by atoms with Gasteiger partial charge in [-0.2, -0.15) is 0 Å². The molecule has 0 radical (unpaired) electrons. The van der Waals surface area contributed by atoms with Crippen LogP contribution in [0, 0.1) is 0 Å². The maximum atomic E-state index is 5.11. The van der Waals surface area contributed by atoms with Crippen molar-refractivity contribution in [1.29, 1.82) is 0 Å². The summed E-state index contributed by atoms with van der Waals surface area (Å²) in [6.07, 6.45) is 1.07. The molecule has 2 heteroatoms. The Labute approximate surface area is 71.6 Å². The maximum absolute atomic E-state index is 5.11. The van der Waals surface area contributed by atoms with E-state index < -0.39 is 0 Å². The summed E-state index contributed by atoms with van der Waals surface area (Å²) in [6, 6.07) is 10.3. The van der Waals surface area contributed by atoms with Crippen LogP contribution in [0.1, 0.15) is 6.42 Å². The molecule has 1 heterocycles. The Morgan fingerprint density at radius 3 is 2.36 bits per heavy atom. The number of nitrogens with zero attached hydrogens (tertiary/aromatic N) is 1. The SMILES string of the molecule is S=C1CCN1c1ccccc1. The van der Waals surface area contributed by atoms with Crippen molar-refractivity contribution in [3.05, 3.63) is 30.3 Å². The first-order valence-electron chi connectivity index (χ1n) is 3.73. The predicted octanol–water partition coefficient (Wildman–Crippen LogP) is 2.22. The second-order valence-electron chi connectivity index (χ2n) is 2.63. The van der Waals surface area contributed by atoms with Crippen molar-refractivity contribution in [3.8, 4) is 0 Å². The van der Waals surface area contributed by atoms with Crippen molar-refractivity contribution in [3.63, 3.8) is 0 Å². The van der Waals surface area contributed by atoms with Gasteiger partial charge in [0.15, 0.2) is 0 Å². The highest BCUT2D eigenvalue weighted by Gasteiger charge is 2.20. The van der Waals surface area contributed by atoms with E-state index in [4.69, 9.17) is 12.2 Å². The zero-order valence-electron chi connectivity index (χ0n) is 6.16. The Balaban J connectivity index is 2.23. The van der Waals surface area contributed by atoms with Gasteiger partial charge in [-0.25, -0.2) is 0 Å². The number of thiocarbonyl (C=S) groups is 1. The second-order valence-corrected chi connectivity index (χ2v) is 3.10. The molecule has 1 aromatic carbocycles. The van der Waals surface area contributed by atoms with E-state index in [2.05, 4.69) is 17.0 Å². The monoisotopic (exact) mass is 163 g/mol. The lowest BCUT2D eigenvalue weighted by atomic mass is 10.2. The molecule has 11 heavy (non-hydrogen) atoms. The third-order valence-corrected chi connectivity index (χ3v) is 2.34. The van der Waals surface area contributed by atoms with Crippen LogP contribution in [0.2, 0.25) is 0 Å². The largest absolute Gasteiger partial charge is 0.336 e. The molecule has 0 spiro atoms. The Hall–Kier alpha value is -0.890. The fraction of sp³-hybridized carbons (Fsp3) is 0.222. The molecule has 1 aliphatic rings. The van der Waals surface area contributed by atoms with E-state index in [0.29, 0.717) is 0 Å². The lowest BCUT2D eigenvalue weighted by molar-refractivity contribution is 0.894. The minimum absolute atomic E-state index is 1.07. The summed E-state index contributed by atoms with van der Waals surface area (Å²) < 4.78 is 0. The molecule has 1 nitrogen and oxygen atoms in total. The van der Waals surface area contributed by atoms with Gasteiger partial charge in [0.25, 0.3) is 0 Å².